The van der Waals surface area contributed by atoms with Gasteiger partial charge in [0.15, 0.2) is 5.69 Å². The lowest BCUT2D eigenvalue weighted by Crippen LogP contribution is -2.29. The molecule has 0 unspecified atom stereocenters. The predicted molar refractivity (Wildman–Crippen MR) is 181 cm³/mol. The van der Waals surface area contributed by atoms with E-state index in [1.165, 1.54) is 84.7 Å². The summed E-state index contributed by atoms with van der Waals surface area (Å²) in [6.45, 7) is 12.7. The Morgan fingerprint density at radius 3 is 1.78 bits per heavy atom. The average Bonchev–Trinajstić information content (AvgIpc) is 3.27. The summed E-state index contributed by atoms with van der Waals surface area (Å²) in [6.07, 6.45) is 12.2. The summed E-state index contributed by atoms with van der Waals surface area (Å²) in [7, 11) is 0. The van der Waals surface area contributed by atoms with Crippen molar-refractivity contribution >= 4 is 37.5 Å². The summed E-state index contributed by atoms with van der Waals surface area (Å²) >= 11 is 7.60. The summed E-state index contributed by atoms with van der Waals surface area (Å²) in [6, 6.07) is 29.4. The Bertz CT molecular complexity index is 1510. The number of halogens is 2. The molecular weight excluding hydrogens is 630 g/mol. The van der Waals surface area contributed by atoms with Gasteiger partial charge in [-0.25, -0.2) is 4.85 Å². The molecule has 0 saturated carbocycles. The molecule has 210 valence electrons. The van der Waals surface area contributed by atoms with Crippen molar-refractivity contribution in [2.24, 2.45) is 0 Å². The molecule has 5 rings (SSSR count). The van der Waals surface area contributed by atoms with Gasteiger partial charge in [0.2, 0.25) is 0 Å². The number of aryl methyl sites for hydroxylation is 2. The van der Waals surface area contributed by atoms with Gasteiger partial charge in [0.25, 0.3) is 0 Å². The van der Waals surface area contributed by atoms with Crippen molar-refractivity contribution in [1.29, 1.82) is 0 Å². The van der Waals surface area contributed by atoms with Crippen molar-refractivity contribution in [1.82, 2.24) is 0 Å². The van der Waals surface area contributed by atoms with E-state index in [4.69, 9.17) is 6.57 Å². The van der Waals surface area contributed by atoms with Crippen LogP contribution in [0.5, 0.6) is 0 Å². The third kappa shape index (κ3) is 5.97. The molecule has 0 N–H and O–H groups in total. The van der Waals surface area contributed by atoms with E-state index in [0.29, 0.717) is 5.69 Å². The average molecular weight is 670 g/mol. The second-order valence-electron chi connectivity index (χ2n) is 11.4. The predicted octanol–water partition coefficient (Wildman–Crippen LogP) is 12.4. The van der Waals surface area contributed by atoms with Crippen molar-refractivity contribution in [2.45, 2.75) is 83.5 Å². The summed E-state index contributed by atoms with van der Waals surface area (Å²) in [5.74, 6) is 0. The number of unbranched alkanes of at least 4 members (excludes halogenated alkanes) is 6. The maximum Gasteiger partial charge on any atom is 0.196 e. The second-order valence-corrected chi connectivity index (χ2v) is 13.3. The van der Waals surface area contributed by atoms with Crippen molar-refractivity contribution < 1.29 is 0 Å². The van der Waals surface area contributed by atoms with Crippen LogP contribution in [0, 0.1) is 6.57 Å². The molecule has 0 radical (unpaired) electrons. The molecule has 0 fully saturated rings. The molecule has 0 bridgehead atoms. The fraction of sp³-hybridized carbons (Fsp3) is 0.342. The number of rotatable bonds is 12. The first-order chi connectivity index (χ1) is 20.0. The van der Waals surface area contributed by atoms with E-state index < -0.39 is 5.41 Å². The topological polar surface area (TPSA) is 4.36 Å². The SMILES string of the molecule is [C-]#[N+]c1cc(Br)cc2c1-c1ccc(Br)cc1C2(c1cccc(CCCCCC)c1)c1cccc(CCCCCC)c1. The Morgan fingerprint density at radius 2 is 1.22 bits per heavy atom. The number of benzene rings is 4. The number of fused-ring (bicyclic) bond motifs is 3. The van der Waals surface area contributed by atoms with E-state index >= 15 is 0 Å². The highest BCUT2D eigenvalue weighted by molar-refractivity contribution is 9.10. The Kier molecular flexibility index (Phi) is 9.84. The van der Waals surface area contributed by atoms with Crippen LogP contribution in [0.25, 0.3) is 16.0 Å². The third-order valence-electron chi connectivity index (χ3n) is 8.62. The Balaban J connectivity index is 1.76. The first-order valence-corrected chi connectivity index (χ1v) is 16.8. The molecule has 0 spiro atoms. The number of hydrogen-bond donors (Lipinski definition) is 0. The molecule has 3 heteroatoms. The van der Waals surface area contributed by atoms with Gasteiger partial charge in [-0.2, -0.15) is 0 Å². The van der Waals surface area contributed by atoms with Gasteiger partial charge in [0.05, 0.1) is 12.0 Å². The third-order valence-corrected chi connectivity index (χ3v) is 9.57. The monoisotopic (exact) mass is 667 g/mol. The molecule has 0 heterocycles. The lowest BCUT2D eigenvalue weighted by Gasteiger charge is -2.35. The Labute approximate surface area is 263 Å². The van der Waals surface area contributed by atoms with Crippen LogP contribution in [0.1, 0.15) is 98.6 Å². The Morgan fingerprint density at radius 1 is 0.634 bits per heavy atom. The molecule has 41 heavy (non-hydrogen) atoms. The minimum atomic E-state index is -0.517. The quantitative estimate of drug-likeness (QED) is 0.0920. The highest BCUT2D eigenvalue weighted by atomic mass is 79.9. The molecular formula is C38H39Br2N. The van der Waals surface area contributed by atoms with Gasteiger partial charge < -0.3 is 0 Å². The maximum atomic E-state index is 8.11. The van der Waals surface area contributed by atoms with Gasteiger partial charge in [0.1, 0.15) is 0 Å². The minimum absolute atomic E-state index is 0.517. The van der Waals surface area contributed by atoms with E-state index in [2.05, 4.69) is 123 Å². The summed E-state index contributed by atoms with van der Waals surface area (Å²) in [4.78, 5) is 4.04. The fourth-order valence-electron chi connectivity index (χ4n) is 6.67. The van der Waals surface area contributed by atoms with Crippen LogP contribution in [0.4, 0.5) is 5.69 Å². The molecule has 1 nitrogen and oxygen atoms in total. The van der Waals surface area contributed by atoms with E-state index in [-0.39, 0.29) is 0 Å². The number of hydrogen-bond acceptors (Lipinski definition) is 0. The van der Waals surface area contributed by atoms with Crippen LogP contribution in [-0.4, -0.2) is 0 Å². The van der Waals surface area contributed by atoms with Crippen molar-refractivity contribution in [3.8, 4) is 11.1 Å². The second kappa shape index (κ2) is 13.5. The summed E-state index contributed by atoms with van der Waals surface area (Å²) in [5.41, 5.74) is 10.2. The van der Waals surface area contributed by atoms with E-state index in [9.17, 15) is 0 Å². The lowest BCUT2D eigenvalue weighted by molar-refractivity contribution is 0.664. The molecule has 1 aliphatic carbocycles. The van der Waals surface area contributed by atoms with Crippen molar-refractivity contribution in [3.05, 3.63) is 133 Å². The van der Waals surface area contributed by atoms with Crippen LogP contribution in [-0.2, 0) is 18.3 Å². The molecule has 4 aromatic rings. The summed E-state index contributed by atoms with van der Waals surface area (Å²) in [5, 5.41) is 0. The van der Waals surface area contributed by atoms with Gasteiger partial charge in [-0.1, -0.05) is 139 Å². The first kappa shape index (κ1) is 29.8. The zero-order chi connectivity index (χ0) is 28.8. The van der Waals surface area contributed by atoms with Crippen LogP contribution < -0.4 is 0 Å². The fourth-order valence-corrected chi connectivity index (χ4v) is 7.48. The lowest BCUT2D eigenvalue weighted by atomic mass is 9.67. The highest BCUT2D eigenvalue weighted by Gasteiger charge is 2.47. The minimum Gasteiger partial charge on any atom is -0.237 e. The van der Waals surface area contributed by atoms with Crippen molar-refractivity contribution in [3.63, 3.8) is 0 Å². The molecule has 0 aliphatic heterocycles. The van der Waals surface area contributed by atoms with Gasteiger partial charge in [-0.05, 0) is 94.5 Å². The number of nitrogens with zero attached hydrogens (tertiary/aromatic N) is 1. The molecule has 0 atom stereocenters. The summed E-state index contributed by atoms with van der Waals surface area (Å²) < 4.78 is 2.01. The first-order valence-electron chi connectivity index (χ1n) is 15.2. The van der Waals surface area contributed by atoms with Crippen LogP contribution in [0.2, 0.25) is 0 Å². The van der Waals surface area contributed by atoms with E-state index in [1.54, 1.807) is 0 Å². The van der Waals surface area contributed by atoms with Gasteiger partial charge in [0, 0.05) is 8.95 Å². The van der Waals surface area contributed by atoms with Crippen LogP contribution >= 0.6 is 31.9 Å². The van der Waals surface area contributed by atoms with Crippen LogP contribution in [0.3, 0.4) is 0 Å². The molecule has 0 saturated heterocycles. The maximum absolute atomic E-state index is 8.11. The Hall–Kier alpha value is -2.67. The highest BCUT2D eigenvalue weighted by Crippen LogP contribution is 2.59. The largest absolute Gasteiger partial charge is 0.237 e. The standard InChI is InChI=1S/C38H39Br2N/c1-4-6-8-10-14-27-16-12-18-29(22-27)38(30-19-13-17-28(23-30)15-11-9-7-5-2)34-24-31(39)20-21-33(34)37-35(38)25-32(40)26-36(37)41-3/h12-13,16-26H,4-11,14-15H2,1-2H3. The molecule has 1 aliphatic rings. The molecule has 0 aromatic heterocycles. The smallest absolute Gasteiger partial charge is 0.196 e. The van der Waals surface area contributed by atoms with Crippen LogP contribution in [0.15, 0.2) is 87.8 Å². The van der Waals surface area contributed by atoms with E-state index in [1.807, 2.05) is 6.07 Å². The normalized spacial score (nSPS) is 13.0. The van der Waals surface area contributed by atoms with Gasteiger partial charge in [-0.3, -0.25) is 0 Å². The molecule has 0 amide bonds. The van der Waals surface area contributed by atoms with Gasteiger partial charge in [-0.15, -0.1) is 0 Å². The zero-order valence-electron chi connectivity index (χ0n) is 24.3. The zero-order valence-corrected chi connectivity index (χ0v) is 27.5. The van der Waals surface area contributed by atoms with E-state index in [0.717, 1.165) is 32.9 Å². The molecule has 4 aromatic carbocycles. The van der Waals surface area contributed by atoms with Gasteiger partial charge >= 0.3 is 0 Å². The van der Waals surface area contributed by atoms with Crippen molar-refractivity contribution in [2.75, 3.05) is 0 Å².